The van der Waals surface area contributed by atoms with Crippen LogP contribution >= 0.6 is 11.3 Å². The standard InChI is InChI=1S/C12H21N3S/c1-9-6-13-7-10(9)8-15-12(2,3)11-14-4-5-16-11/h4-5,9-10,13,15H,6-8H2,1-3H3. The van der Waals surface area contributed by atoms with Gasteiger partial charge in [0, 0.05) is 18.1 Å². The average molecular weight is 239 g/mol. The van der Waals surface area contributed by atoms with Crippen LogP contribution in [0, 0.1) is 11.8 Å². The third-order valence-corrected chi connectivity index (χ3v) is 4.55. The lowest BCUT2D eigenvalue weighted by Crippen LogP contribution is -2.40. The maximum atomic E-state index is 4.39. The highest BCUT2D eigenvalue weighted by Gasteiger charge is 2.27. The molecule has 2 heterocycles. The minimum atomic E-state index is -0.00350. The smallest absolute Gasteiger partial charge is 0.112 e. The van der Waals surface area contributed by atoms with E-state index in [0.717, 1.165) is 31.5 Å². The van der Waals surface area contributed by atoms with E-state index in [4.69, 9.17) is 0 Å². The fraction of sp³-hybridized carbons (Fsp3) is 0.750. The molecule has 1 aromatic rings. The molecule has 1 saturated heterocycles. The van der Waals surface area contributed by atoms with Crippen molar-refractivity contribution in [2.75, 3.05) is 19.6 Å². The zero-order chi connectivity index (χ0) is 11.6. The van der Waals surface area contributed by atoms with Crippen LogP contribution in [-0.2, 0) is 5.54 Å². The normalized spacial score (nSPS) is 26.2. The summed E-state index contributed by atoms with van der Waals surface area (Å²) in [4.78, 5) is 4.39. The average Bonchev–Trinajstić information content (AvgIpc) is 2.85. The number of hydrogen-bond donors (Lipinski definition) is 2. The molecule has 0 aromatic carbocycles. The third kappa shape index (κ3) is 2.62. The molecule has 0 saturated carbocycles. The van der Waals surface area contributed by atoms with Crippen LogP contribution in [0.5, 0.6) is 0 Å². The van der Waals surface area contributed by atoms with E-state index in [-0.39, 0.29) is 5.54 Å². The minimum absolute atomic E-state index is 0.00350. The van der Waals surface area contributed by atoms with E-state index in [1.165, 1.54) is 5.01 Å². The third-order valence-electron chi connectivity index (χ3n) is 3.45. The first-order valence-electron chi connectivity index (χ1n) is 5.95. The van der Waals surface area contributed by atoms with Gasteiger partial charge in [-0.3, -0.25) is 0 Å². The maximum absolute atomic E-state index is 4.39. The molecule has 0 bridgehead atoms. The van der Waals surface area contributed by atoms with E-state index in [2.05, 4.69) is 36.4 Å². The van der Waals surface area contributed by atoms with Crippen molar-refractivity contribution >= 4 is 11.3 Å². The summed E-state index contributed by atoms with van der Waals surface area (Å²) in [6, 6.07) is 0. The van der Waals surface area contributed by atoms with Gasteiger partial charge < -0.3 is 10.6 Å². The summed E-state index contributed by atoms with van der Waals surface area (Å²) in [7, 11) is 0. The zero-order valence-electron chi connectivity index (χ0n) is 10.3. The lowest BCUT2D eigenvalue weighted by atomic mass is 9.96. The molecule has 2 unspecified atom stereocenters. The molecule has 16 heavy (non-hydrogen) atoms. The van der Waals surface area contributed by atoms with Gasteiger partial charge in [-0.25, -0.2) is 4.98 Å². The lowest BCUT2D eigenvalue weighted by molar-refractivity contribution is 0.333. The Morgan fingerprint density at radius 3 is 2.94 bits per heavy atom. The Morgan fingerprint density at radius 2 is 2.38 bits per heavy atom. The number of nitrogens with zero attached hydrogens (tertiary/aromatic N) is 1. The molecule has 3 nitrogen and oxygen atoms in total. The zero-order valence-corrected chi connectivity index (χ0v) is 11.1. The highest BCUT2D eigenvalue weighted by atomic mass is 32.1. The summed E-state index contributed by atoms with van der Waals surface area (Å²) >= 11 is 1.72. The predicted octanol–water partition coefficient (Wildman–Crippen LogP) is 1.82. The second kappa shape index (κ2) is 4.82. The van der Waals surface area contributed by atoms with Gasteiger partial charge >= 0.3 is 0 Å². The second-order valence-corrected chi connectivity index (χ2v) is 6.13. The Morgan fingerprint density at radius 1 is 1.56 bits per heavy atom. The number of thiazole rings is 1. The van der Waals surface area contributed by atoms with Crippen LogP contribution in [0.15, 0.2) is 11.6 Å². The maximum Gasteiger partial charge on any atom is 0.112 e. The van der Waals surface area contributed by atoms with Gasteiger partial charge in [-0.05, 0) is 38.8 Å². The van der Waals surface area contributed by atoms with E-state index in [9.17, 15) is 0 Å². The molecule has 1 aliphatic heterocycles. The van der Waals surface area contributed by atoms with E-state index in [1.807, 2.05) is 11.6 Å². The summed E-state index contributed by atoms with van der Waals surface area (Å²) < 4.78 is 0. The van der Waals surface area contributed by atoms with Crippen molar-refractivity contribution in [3.8, 4) is 0 Å². The summed E-state index contributed by atoms with van der Waals surface area (Å²) in [5, 5.41) is 10.3. The molecule has 0 radical (unpaired) electrons. The topological polar surface area (TPSA) is 37.0 Å². The van der Waals surface area contributed by atoms with E-state index in [0.29, 0.717) is 0 Å². The van der Waals surface area contributed by atoms with E-state index < -0.39 is 0 Å². The Hall–Kier alpha value is -0.450. The molecule has 2 N–H and O–H groups in total. The molecule has 2 atom stereocenters. The van der Waals surface area contributed by atoms with Crippen LogP contribution < -0.4 is 10.6 Å². The van der Waals surface area contributed by atoms with Crippen LogP contribution in [0.4, 0.5) is 0 Å². The predicted molar refractivity (Wildman–Crippen MR) is 68.7 cm³/mol. The highest BCUT2D eigenvalue weighted by Crippen LogP contribution is 2.23. The lowest BCUT2D eigenvalue weighted by Gasteiger charge is -2.27. The molecule has 4 heteroatoms. The minimum Gasteiger partial charge on any atom is -0.316 e. The van der Waals surface area contributed by atoms with E-state index >= 15 is 0 Å². The first-order valence-corrected chi connectivity index (χ1v) is 6.83. The molecular weight excluding hydrogens is 218 g/mol. The van der Waals surface area contributed by atoms with Crippen LogP contribution in [0.2, 0.25) is 0 Å². The monoisotopic (exact) mass is 239 g/mol. The number of aromatic nitrogens is 1. The molecular formula is C12H21N3S. The van der Waals surface area contributed by atoms with E-state index in [1.54, 1.807) is 11.3 Å². The molecule has 1 fully saturated rings. The Labute approximate surface area is 102 Å². The van der Waals surface area contributed by atoms with Crippen molar-refractivity contribution in [3.63, 3.8) is 0 Å². The molecule has 2 rings (SSSR count). The first kappa shape index (κ1) is 12.0. The Bertz CT molecular complexity index is 321. The highest BCUT2D eigenvalue weighted by molar-refractivity contribution is 7.09. The van der Waals surface area contributed by atoms with Crippen molar-refractivity contribution in [1.29, 1.82) is 0 Å². The van der Waals surface area contributed by atoms with Crippen molar-refractivity contribution in [1.82, 2.24) is 15.6 Å². The Balaban J connectivity index is 1.89. The number of hydrogen-bond acceptors (Lipinski definition) is 4. The van der Waals surface area contributed by atoms with Crippen LogP contribution in [0.25, 0.3) is 0 Å². The van der Waals surface area contributed by atoms with Crippen molar-refractivity contribution in [3.05, 3.63) is 16.6 Å². The van der Waals surface area contributed by atoms with Crippen LogP contribution in [0.3, 0.4) is 0 Å². The molecule has 90 valence electrons. The fourth-order valence-electron chi connectivity index (χ4n) is 2.13. The first-order chi connectivity index (χ1) is 7.59. The molecule has 1 aromatic heterocycles. The summed E-state index contributed by atoms with van der Waals surface area (Å²) in [5.74, 6) is 1.53. The summed E-state index contributed by atoms with van der Waals surface area (Å²) in [6.45, 7) is 10.1. The second-order valence-electron chi connectivity index (χ2n) is 5.24. The largest absolute Gasteiger partial charge is 0.316 e. The van der Waals surface area contributed by atoms with Crippen LogP contribution in [-0.4, -0.2) is 24.6 Å². The van der Waals surface area contributed by atoms with Gasteiger partial charge in [0.1, 0.15) is 5.01 Å². The molecule has 0 spiro atoms. The fourth-order valence-corrected chi connectivity index (χ4v) is 2.87. The van der Waals surface area contributed by atoms with Gasteiger partial charge in [-0.2, -0.15) is 0 Å². The van der Waals surface area contributed by atoms with Gasteiger partial charge in [0.2, 0.25) is 0 Å². The van der Waals surface area contributed by atoms with Crippen molar-refractivity contribution in [2.45, 2.75) is 26.3 Å². The van der Waals surface area contributed by atoms with Gasteiger partial charge in [0.05, 0.1) is 5.54 Å². The quantitative estimate of drug-likeness (QED) is 0.841. The van der Waals surface area contributed by atoms with Crippen molar-refractivity contribution < 1.29 is 0 Å². The van der Waals surface area contributed by atoms with Crippen LogP contribution in [0.1, 0.15) is 25.8 Å². The summed E-state index contributed by atoms with van der Waals surface area (Å²) in [5.41, 5.74) is -0.00350. The van der Waals surface area contributed by atoms with Gasteiger partial charge in [-0.1, -0.05) is 6.92 Å². The summed E-state index contributed by atoms with van der Waals surface area (Å²) in [6.07, 6.45) is 1.88. The van der Waals surface area contributed by atoms with Gasteiger partial charge in [0.25, 0.3) is 0 Å². The molecule has 0 amide bonds. The molecule has 1 aliphatic rings. The number of rotatable bonds is 4. The SMILES string of the molecule is CC1CNCC1CNC(C)(C)c1nccs1. The van der Waals surface area contributed by atoms with Crippen molar-refractivity contribution in [2.24, 2.45) is 11.8 Å². The number of nitrogens with one attached hydrogen (secondary N) is 2. The van der Waals surface area contributed by atoms with Gasteiger partial charge in [0.15, 0.2) is 0 Å². The molecule has 0 aliphatic carbocycles. The van der Waals surface area contributed by atoms with Gasteiger partial charge in [-0.15, -0.1) is 11.3 Å². The Kier molecular flexibility index (Phi) is 3.62.